The number of benzene rings is 1. The first kappa shape index (κ1) is 11.9. The van der Waals surface area contributed by atoms with Gasteiger partial charge in [0.25, 0.3) is 0 Å². The fraction of sp³-hybridized carbons (Fsp3) is 0.250. The number of carbonyl (C=O) groups excluding carboxylic acids is 2. The predicted octanol–water partition coefficient (Wildman–Crippen LogP) is 1.97. The molecule has 0 fully saturated rings. The fourth-order valence-corrected chi connectivity index (χ4v) is 1.43. The van der Waals surface area contributed by atoms with Crippen molar-refractivity contribution in [1.29, 1.82) is 5.26 Å². The van der Waals surface area contributed by atoms with Crippen molar-refractivity contribution < 1.29 is 14.3 Å². The van der Waals surface area contributed by atoms with Crippen molar-refractivity contribution in [2.75, 3.05) is 6.61 Å². The molecule has 0 amide bonds. The first-order valence-corrected chi connectivity index (χ1v) is 4.81. The second-order valence-corrected chi connectivity index (χ2v) is 3.16. The van der Waals surface area contributed by atoms with Crippen molar-refractivity contribution in [3.05, 3.63) is 28.8 Å². The molecule has 1 aromatic rings. The van der Waals surface area contributed by atoms with Crippen LogP contribution in [0.1, 0.15) is 40.1 Å². The van der Waals surface area contributed by atoms with E-state index in [1.54, 1.807) is 6.92 Å². The summed E-state index contributed by atoms with van der Waals surface area (Å²) in [4.78, 5) is 22.1. The Bertz CT molecular complexity index is 472. The van der Waals surface area contributed by atoms with Crippen molar-refractivity contribution in [2.24, 2.45) is 0 Å². The molecule has 82 valence electrons. The number of ether oxygens (including phenoxy) is 1. The Morgan fingerprint density at radius 1 is 1.56 bits per heavy atom. The average molecular weight is 217 g/mol. The smallest absolute Gasteiger partial charge is 0.164 e. The summed E-state index contributed by atoms with van der Waals surface area (Å²) >= 11 is 0. The van der Waals surface area contributed by atoms with Gasteiger partial charge in [-0.25, -0.2) is 0 Å². The lowest BCUT2D eigenvalue weighted by molar-refractivity contribution is 0.101. The van der Waals surface area contributed by atoms with E-state index in [0.29, 0.717) is 18.5 Å². The lowest BCUT2D eigenvalue weighted by Gasteiger charge is -2.10. The van der Waals surface area contributed by atoms with Gasteiger partial charge < -0.3 is 4.74 Å². The second kappa shape index (κ2) is 5.08. The average Bonchev–Trinajstić information content (AvgIpc) is 2.27. The van der Waals surface area contributed by atoms with Gasteiger partial charge in [-0.15, -0.1) is 0 Å². The zero-order chi connectivity index (χ0) is 12.1. The first-order valence-electron chi connectivity index (χ1n) is 4.81. The Labute approximate surface area is 93.5 Å². The minimum Gasteiger partial charge on any atom is -0.493 e. The molecule has 0 radical (unpaired) electrons. The maximum Gasteiger partial charge on any atom is 0.164 e. The van der Waals surface area contributed by atoms with E-state index in [0.717, 1.165) is 0 Å². The van der Waals surface area contributed by atoms with Gasteiger partial charge in [-0.1, -0.05) is 0 Å². The van der Waals surface area contributed by atoms with Crippen LogP contribution in [0, 0.1) is 11.3 Å². The van der Waals surface area contributed by atoms with Crippen LogP contribution in [0.15, 0.2) is 12.1 Å². The summed E-state index contributed by atoms with van der Waals surface area (Å²) in [5, 5.41) is 8.91. The quantitative estimate of drug-likeness (QED) is 0.571. The zero-order valence-corrected chi connectivity index (χ0v) is 9.11. The van der Waals surface area contributed by atoms with E-state index in [4.69, 9.17) is 10.00 Å². The standard InChI is InChI=1S/C12H11NO3/c1-3-16-11-5-9(7-14)4-10(6-13)12(11)8(2)15/h4-5,7H,3H2,1-2H3. The second-order valence-electron chi connectivity index (χ2n) is 3.16. The number of hydrogen-bond acceptors (Lipinski definition) is 4. The van der Waals surface area contributed by atoms with Crippen molar-refractivity contribution in [1.82, 2.24) is 0 Å². The molecule has 4 nitrogen and oxygen atoms in total. The third-order valence-corrected chi connectivity index (χ3v) is 2.03. The van der Waals surface area contributed by atoms with Crippen LogP contribution < -0.4 is 4.74 Å². The Balaban J connectivity index is 3.48. The molecule has 16 heavy (non-hydrogen) atoms. The minimum absolute atomic E-state index is 0.167. The molecule has 1 aromatic carbocycles. The number of Topliss-reactive ketones (excluding diaryl/α,β-unsaturated/α-hetero) is 1. The van der Waals surface area contributed by atoms with Gasteiger partial charge in [0.15, 0.2) is 5.78 Å². The van der Waals surface area contributed by atoms with Crippen LogP contribution in [-0.2, 0) is 0 Å². The minimum atomic E-state index is -0.252. The summed E-state index contributed by atoms with van der Waals surface area (Å²) in [7, 11) is 0. The highest BCUT2D eigenvalue weighted by Crippen LogP contribution is 2.24. The highest BCUT2D eigenvalue weighted by molar-refractivity contribution is 6.00. The van der Waals surface area contributed by atoms with Crippen molar-refractivity contribution in [2.45, 2.75) is 13.8 Å². The van der Waals surface area contributed by atoms with E-state index in [1.807, 2.05) is 6.07 Å². The van der Waals surface area contributed by atoms with Gasteiger partial charge in [0, 0.05) is 5.56 Å². The van der Waals surface area contributed by atoms with Crippen molar-refractivity contribution in [3.63, 3.8) is 0 Å². The Kier molecular flexibility index (Phi) is 3.78. The molecule has 0 atom stereocenters. The van der Waals surface area contributed by atoms with E-state index in [9.17, 15) is 9.59 Å². The monoisotopic (exact) mass is 217 g/mol. The molecule has 0 aliphatic carbocycles. The van der Waals surface area contributed by atoms with Gasteiger partial charge in [-0.2, -0.15) is 5.26 Å². The molecule has 0 saturated carbocycles. The largest absolute Gasteiger partial charge is 0.493 e. The topological polar surface area (TPSA) is 67.2 Å². The van der Waals surface area contributed by atoms with Gasteiger partial charge in [-0.3, -0.25) is 9.59 Å². The van der Waals surface area contributed by atoms with Crippen LogP contribution in [0.2, 0.25) is 0 Å². The molecule has 0 bridgehead atoms. The van der Waals surface area contributed by atoms with Crippen LogP contribution in [0.5, 0.6) is 5.75 Å². The molecule has 0 aromatic heterocycles. The number of nitriles is 1. The Morgan fingerprint density at radius 3 is 2.69 bits per heavy atom. The molecular weight excluding hydrogens is 206 g/mol. The van der Waals surface area contributed by atoms with Crippen LogP contribution >= 0.6 is 0 Å². The fourth-order valence-electron chi connectivity index (χ4n) is 1.43. The SMILES string of the molecule is CCOc1cc(C=O)cc(C#N)c1C(C)=O. The Morgan fingerprint density at radius 2 is 2.25 bits per heavy atom. The zero-order valence-electron chi connectivity index (χ0n) is 9.11. The van der Waals surface area contributed by atoms with Crippen LogP contribution in [0.4, 0.5) is 0 Å². The predicted molar refractivity (Wildman–Crippen MR) is 57.7 cm³/mol. The van der Waals surface area contributed by atoms with Crippen LogP contribution in [-0.4, -0.2) is 18.7 Å². The van der Waals surface area contributed by atoms with E-state index in [1.165, 1.54) is 19.1 Å². The summed E-state index contributed by atoms with van der Waals surface area (Å²) in [6, 6.07) is 4.74. The summed E-state index contributed by atoms with van der Waals surface area (Å²) in [5.41, 5.74) is 0.723. The third kappa shape index (κ3) is 2.26. The maximum atomic E-state index is 11.4. The van der Waals surface area contributed by atoms with Gasteiger partial charge in [0.2, 0.25) is 0 Å². The molecule has 0 spiro atoms. The van der Waals surface area contributed by atoms with E-state index >= 15 is 0 Å². The molecule has 0 saturated heterocycles. The molecule has 0 aliphatic heterocycles. The van der Waals surface area contributed by atoms with Gasteiger partial charge >= 0.3 is 0 Å². The number of carbonyl (C=O) groups is 2. The highest BCUT2D eigenvalue weighted by Gasteiger charge is 2.15. The number of ketones is 1. The lowest BCUT2D eigenvalue weighted by Crippen LogP contribution is -2.04. The molecule has 0 unspecified atom stereocenters. The van der Waals surface area contributed by atoms with Crippen LogP contribution in [0.3, 0.4) is 0 Å². The number of rotatable bonds is 4. The summed E-state index contributed by atoms with van der Waals surface area (Å²) < 4.78 is 5.25. The molecule has 0 heterocycles. The van der Waals surface area contributed by atoms with Gasteiger partial charge in [0.05, 0.1) is 17.7 Å². The van der Waals surface area contributed by atoms with Crippen molar-refractivity contribution in [3.8, 4) is 11.8 Å². The summed E-state index contributed by atoms with van der Waals surface area (Å²) in [5.74, 6) is 0.0357. The lowest BCUT2D eigenvalue weighted by atomic mass is 10.0. The third-order valence-electron chi connectivity index (χ3n) is 2.03. The molecular formula is C12H11NO3. The summed E-state index contributed by atoms with van der Waals surface area (Å²) in [6.07, 6.45) is 0.618. The van der Waals surface area contributed by atoms with Crippen molar-refractivity contribution >= 4 is 12.1 Å². The molecule has 4 heteroatoms. The maximum absolute atomic E-state index is 11.4. The first-order chi connectivity index (χ1) is 7.63. The van der Waals surface area contributed by atoms with Gasteiger partial charge in [-0.05, 0) is 26.0 Å². The summed E-state index contributed by atoms with van der Waals surface area (Å²) in [6.45, 7) is 3.50. The van der Waals surface area contributed by atoms with Gasteiger partial charge in [0.1, 0.15) is 18.1 Å². The number of nitrogens with zero attached hydrogens (tertiary/aromatic N) is 1. The van der Waals surface area contributed by atoms with Crippen LogP contribution in [0.25, 0.3) is 0 Å². The van der Waals surface area contributed by atoms with E-state index in [-0.39, 0.29) is 22.7 Å². The van der Waals surface area contributed by atoms with E-state index in [2.05, 4.69) is 0 Å². The number of aldehydes is 1. The molecule has 0 aliphatic rings. The highest BCUT2D eigenvalue weighted by atomic mass is 16.5. The Hall–Kier alpha value is -2.15. The molecule has 0 N–H and O–H groups in total. The normalized spacial score (nSPS) is 9.31. The van der Waals surface area contributed by atoms with E-state index < -0.39 is 0 Å². The molecule has 1 rings (SSSR count). The number of hydrogen-bond donors (Lipinski definition) is 0.